The number of aromatic nitrogens is 2. The van der Waals surface area contributed by atoms with Gasteiger partial charge >= 0.3 is 5.97 Å². The molecule has 2 heterocycles. The standard InChI is InChI=1S/C21H17ClN4O4/c1-30-18-9-5-2-6-12(18)17-10-16(21(28)29)24-19-13(11-23-26(17)19)20(27)25-15-8-4-3-7-14(15)22/h2-11,17,24H,1H3,(H,25,27)(H,28,29). The van der Waals surface area contributed by atoms with Crippen molar-refractivity contribution in [3.63, 3.8) is 0 Å². The van der Waals surface area contributed by atoms with E-state index in [1.807, 2.05) is 18.2 Å². The number of carboxylic acid groups (broad SMARTS) is 1. The predicted octanol–water partition coefficient (Wildman–Crippen LogP) is 3.78. The Bertz CT molecular complexity index is 1170. The highest BCUT2D eigenvalue weighted by Gasteiger charge is 2.30. The fourth-order valence-electron chi connectivity index (χ4n) is 3.27. The van der Waals surface area contributed by atoms with Crippen LogP contribution in [0.4, 0.5) is 11.5 Å². The maximum Gasteiger partial charge on any atom is 0.352 e. The van der Waals surface area contributed by atoms with Gasteiger partial charge in [0.05, 0.1) is 24.0 Å². The molecule has 0 aliphatic carbocycles. The third-order valence-corrected chi connectivity index (χ3v) is 5.02. The van der Waals surface area contributed by atoms with Gasteiger partial charge < -0.3 is 20.5 Å². The molecule has 9 heteroatoms. The van der Waals surface area contributed by atoms with Crippen molar-refractivity contribution in [1.29, 1.82) is 0 Å². The number of nitrogens with zero attached hydrogens (tertiary/aromatic N) is 2. The fraction of sp³-hybridized carbons (Fsp3) is 0.0952. The largest absolute Gasteiger partial charge is 0.496 e. The van der Waals surface area contributed by atoms with Gasteiger partial charge in [0, 0.05) is 5.56 Å². The number of aliphatic carboxylic acids is 1. The molecule has 30 heavy (non-hydrogen) atoms. The van der Waals surface area contributed by atoms with E-state index in [1.54, 1.807) is 35.0 Å². The van der Waals surface area contributed by atoms with E-state index in [1.165, 1.54) is 19.4 Å². The topological polar surface area (TPSA) is 105 Å². The maximum atomic E-state index is 12.9. The second-order valence-electron chi connectivity index (χ2n) is 6.48. The highest BCUT2D eigenvalue weighted by atomic mass is 35.5. The van der Waals surface area contributed by atoms with Gasteiger partial charge in [0.15, 0.2) is 0 Å². The Morgan fingerprint density at radius 3 is 2.67 bits per heavy atom. The smallest absolute Gasteiger partial charge is 0.352 e. The van der Waals surface area contributed by atoms with Crippen LogP contribution in [0.1, 0.15) is 22.0 Å². The van der Waals surface area contributed by atoms with E-state index in [0.29, 0.717) is 22.0 Å². The van der Waals surface area contributed by atoms with E-state index >= 15 is 0 Å². The molecule has 4 rings (SSSR count). The number of methoxy groups -OCH3 is 1. The monoisotopic (exact) mass is 424 g/mol. The number of nitrogens with one attached hydrogen (secondary N) is 2. The van der Waals surface area contributed by atoms with Crippen LogP contribution in [-0.4, -0.2) is 33.9 Å². The number of carbonyl (C=O) groups is 2. The van der Waals surface area contributed by atoms with Crippen molar-refractivity contribution < 1.29 is 19.4 Å². The van der Waals surface area contributed by atoms with Crippen LogP contribution in [0.15, 0.2) is 66.5 Å². The van der Waals surface area contributed by atoms with Gasteiger partial charge in [-0.25, -0.2) is 9.48 Å². The lowest BCUT2D eigenvalue weighted by Crippen LogP contribution is -2.26. The molecule has 1 aliphatic heterocycles. The van der Waals surface area contributed by atoms with Crippen LogP contribution in [-0.2, 0) is 4.79 Å². The summed E-state index contributed by atoms with van der Waals surface area (Å²) in [5.41, 5.74) is 1.27. The number of allylic oxidation sites excluding steroid dienone is 1. The number of ether oxygens (including phenoxy) is 1. The summed E-state index contributed by atoms with van der Waals surface area (Å²) in [4.78, 5) is 24.6. The summed E-state index contributed by atoms with van der Waals surface area (Å²) in [6, 6.07) is 13.5. The molecule has 0 spiro atoms. The van der Waals surface area contributed by atoms with Crippen LogP contribution in [0.25, 0.3) is 0 Å². The lowest BCUT2D eigenvalue weighted by atomic mass is 10.0. The number of rotatable bonds is 5. The first-order chi connectivity index (χ1) is 14.5. The molecule has 2 aromatic carbocycles. The second kappa shape index (κ2) is 7.92. The molecule has 8 nitrogen and oxygen atoms in total. The highest BCUT2D eigenvalue weighted by Crippen LogP contribution is 2.36. The lowest BCUT2D eigenvalue weighted by Gasteiger charge is -2.25. The maximum absolute atomic E-state index is 12.9. The van der Waals surface area contributed by atoms with Crippen LogP contribution < -0.4 is 15.4 Å². The van der Waals surface area contributed by atoms with Crippen molar-refractivity contribution in [2.24, 2.45) is 0 Å². The average molecular weight is 425 g/mol. The van der Waals surface area contributed by atoms with Gasteiger partial charge in [0.25, 0.3) is 5.91 Å². The Balaban J connectivity index is 1.76. The molecule has 0 saturated heterocycles. The molecule has 0 radical (unpaired) electrons. The van der Waals surface area contributed by atoms with Gasteiger partial charge in [0.1, 0.15) is 28.9 Å². The Morgan fingerprint density at radius 1 is 1.20 bits per heavy atom. The lowest BCUT2D eigenvalue weighted by molar-refractivity contribution is -0.132. The summed E-state index contributed by atoms with van der Waals surface area (Å²) in [6.07, 6.45) is 2.91. The van der Waals surface area contributed by atoms with Gasteiger partial charge in [0.2, 0.25) is 0 Å². The van der Waals surface area contributed by atoms with Crippen LogP contribution in [0.2, 0.25) is 5.02 Å². The fourth-order valence-corrected chi connectivity index (χ4v) is 3.45. The van der Waals surface area contributed by atoms with Gasteiger partial charge in [-0.3, -0.25) is 4.79 Å². The molecule has 0 fully saturated rings. The van der Waals surface area contributed by atoms with Crippen molar-refractivity contribution in [2.45, 2.75) is 6.04 Å². The summed E-state index contributed by atoms with van der Waals surface area (Å²) < 4.78 is 6.97. The molecule has 152 valence electrons. The number of hydrogen-bond donors (Lipinski definition) is 3. The molecule has 1 aliphatic rings. The zero-order chi connectivity index (χ0) is 21.3. The molecule has 0 bridgehead atoms. The van der Waals surface area contributed by atoms with Crippen molar-refractivity contribution >= 4 is 35.0 Å². The molecule has 1 amide bonds. The minimum atomic E-state index is -1.15. The van der Waals surface area contributed by atoms with E-state index in [-0.39, 0.29) is 17.1 Å². The quantitative estimate of drug-likeness (QED) is 0.575. The number of anilines is 2. The number of fused-ring (bicyclic) bond motifs is 1. The van der Waals surface area contributed by atoms with E-state index < -0.39 is 17.9 Å². The first kappa shape index (κ1) is 19.5. The van der Waals surface area contributed by atoms with Gasteiger partial charge in [-0.1, -0.05) is 41.9 Å². The van der Waals surface area contributed by atoms with E-state index in [9.17, 15) is 14.7 Å². The Morgan fingerprint density at radius 2 is 1.93 bits per heavy atom. The minimum absolute atomic E-state index is 0.0642. The summed E-state index contributed by atoms with van der Waals surface area (Å²) in [5, 5.41) is 19.8. The number of para-hydroxylation sites is 2. The SMILES string of the molecule is COc1ccccc1C1C=C(C(=O)O)Nc2c(C(=O)Nc3ccccc3Cl)cnn21. The van der Waals surface area contributed by atoms with Crippen LogP contribution in [0, 0.1) is 0 Å². The Labute approximate surface area is 176 Å². The number of halogens is 1. The number of amides is 1. The number of carbonyl (C=O) groups excluding carboxylic acids is 1. The van der Waals surface area contributed by atoms with Crippen molar-refractivity contribution in [1.82, 2.24) is 9.78 Å². The van der Waals surface area contributed by atoms with Gasteiger partial charge in [-0.15, -0.1) is 0 Å². The molecular weight excluding hydrogens is 408 g/mol. The Hall–Kier alpha value is -3.78. The van der Waals surface area contributed by atoms with Crippen LogP contribution in [0.3, 0.4) is 0 Å². The average Bonchev–Trinajstić information content (AvgIpc) is 3.19. The molecule has 1 aromatic heterocycles. The molecule has 1 atom stereocenters. The molecular formula is C21H17ClN4O4. The van der Waals surface area contributed by atoms with Crippen molar-refractivity contribution in [3.05, 3.63) is 82.7 Å². The minimum Gasteiger partial charge on any atom is -0.496 e. The molecule has 1 unspecified atom stereocenters. The molecule has 3 N–H and O–H groups in total. The van der Waals surface area contributed by atoms with Crippen molar-refractivity contribution in [2.75, 3.05) is 17.7 Å². The number of hydrogen-bond acceptors (Lipinski definition) is 5. The molecule has 3 aromatic rings. The van der Waals surface area contributed by atoms with E-state index in [4.69, 9.17) is 16.3 Å². The first-order valence-electron chi connectivity index (χ1n) is 8.98. The zero-order valence-electron chi connectivity index (χ0n) is 15.8. The van der Waals surface area contributed by atoms with Gasteiger partial charge in [-0.2, -0.15) is 5.10 Å². The van der Waals surface area contributed by atoms with Crippen LogP contribution in [0.5, 0.6) is 5.75 Å². The first-order valence-corrected chi connectivity index (χ1v) is 9.36. The normalized spacial score (nSPS) is 14.9. The number of carboxylic acids is 1. The summed E-state index contributed by atoms with van der Waals surface area (Å²) >= 11 is 6.12. The predicted molar refractivity (Wildman–Crippen MR) is 112 cm³/mol. The third-order valence-electron chi connectivity index (χ3n) is 4.69. The Kier molecular flexibility index (Phi) is 5.16. The van der Waals surface area contributed by atoms with E-state index in [0.717, 1.165) is 0 Å². The highest BCUT2D eigenvalue weighted by molar-refractivity contribution is 6.34. The summed E-state index contributed by atoms with van der Waals surface area (Å²) in [6.45, 7) is 0. The van der Waals surface area contributed by atoms with Crippen LogP contribution >= 0.6 is 11.6 Å². The summed E-state index contributed by atoms with van der Waals surface area (Å²) in [7, 11) is 1.54. The summed E-state index contributed by atoms with van der Waals surface area (Å²) in [5.74, 6) is -0.786. The number of benzene rings is 2. The van der Waals surface area contributed by atoms with E-state index in [2.05, 4.69) is 15.7 Å². The second-order valence-corrected chi connectivity index (χ2v) is 6.89. The third kappa shape index (κ3) is 3.48. The van der Waals surface area contributed by atoms with Crippen molar-refractivity contribution in [3.8, 4) is 5.75 Å². The van der Waals surface area contributed by atoms with Gasteiger partial charge in [-0.05, 0) is 24.3 Å². The zero-order valence-corrected chi connectivity index (χ0v) is 16.6. The molecule has 0 saturated carbocycles.